The van der Waals surface area contributed by atoms with Gasteiger partial charge in [0.1, 0.15) is 6.04 Å². The molecule has 2 rings (SSSR count). The van der Waals surface area contributed by atoms with E-state index in [0.717, 1.165) is 11.1 Å². The molecule has 0 heterocycles. The minimum absolute atomic E-state index is 0.215. The molecule has 0 fully saturated rings. The van der Waals surface area contributed by atoms with Crippen molar-refractivity contribution in [2.75, 3.05) is 13.7 Å². The summed E-state index contributed by atoms with van der Waals surface area (Å²) in [6, 6.07) is 13.4. The summed E-state index contributed by atoms with van der Waals surface area (Å²) in [7, 11) is 1.54. The first-order chi connectivity index (χ1) is 13.0. The predicted octanol–water partition coefficient (Wildman–Crippen LogP) is 2.92. The molecule has 142 valence electrons. The number of amides is 1. The first-order valence-electron chi connectivity index (χ1n) is 8.59. The average Bonchev–Trinajstić information content (AvgIpc) is 2.67. The summed E-state index contributed by atoms with van der Waals surface area (Å²) in [5, 5.41) is 11.9. The van der Waals surface area contributed by atoms with Gasteiger partial charge in [0.25, 0.3) is 0 Å². The highest BCUT2D eigenvalue weighted by molar-refractivity contribution is 5.94. The first-order valence-corrected chi connectivity index (χ1v) is 8.59. The third-order valence-corrected chi connectivity index (χ3v) is 3.81. The fraction of sp³-hybridized carbons (Fsp3) is 0.238. The van der Waals surface area contributed by atoms with E-state index in [2.05, 4.69) is 5.32 Å². The van der Waals surface area contributed by atoms with Crippen molar-refractivity contribution in [3.05, 3.63) is 65.7 Å². The third-order valence-electron chi connectivity index (χ3n) is 3.81. The van der Waals surface area contributed by atoms with Crippen LogP contribution in [-0.2, 0) is 16.0 Å². The number of carboxylic acids is 1. The first kappa shape index (κ1) is 20.0. The summed E-state index contributed by atoms with van der Waals surface area (Å²) in [5.41, 5.74) is 1.57. The summed E-state index contributed by atoms with van der Waals surface area (Å²) in [4.78, 5) is 23.6. The summed E-state index contributed by atoms with van der Waals surface area (Å²) >= 11 is 0. The van der Waals surface area contributed by atoms with Crippen molar-refractivity contribution in [1.82, 2.24) is 5.32 Å². The Morgan fingerprint density at radius 1 is 1.15 bits per heavy atom. The maximum atomic E-state index is 12.1. The van der Waals surface area contributed by atoms with Crippen LogP contribution >= 0.6 is 0 Å². The number of carboxylic acid groups (broad SMARTS) is 1. The molecule has 0 spiro atoms. The zero-order valence-corrected chi connectivity index (χ0v) is 15.3. The molecule has 0 aliphatic rings. The number of carbonyl (C=O) groups is 2. The van der Waals surface area contributed by atoms with E-state index in [1.165, 1.54) is 6.08 Å². The Morgan fingerprint density at radius 3 is 2.52 bits per heavy atom. The van der Waals surface area contributed by atoms with E-state index in [9.17, 15) is 14.7 Å². The highest BCUT2D eigenvalue weighted by Crippen LogP contribution is 2.28. The molecule has 1 amide bonds. The van der Waals surface area contributed by atoms with Crippen molar-refractivity contribution in [2.45, 2.75) is 19.4 Å². The van der Waals surface area contributed by atoms with Crippen LogP contribution in [0.4, 0.5) is 0 Å². The molecule has 0 aliphatic heterocycles. The molecule has 0 aromatic heterocycles. The van der Waals surface area contributed by atoms with Gasteiger partial charge in [0.15, 0.2) is 11.5 Å². The van der Waals surface area contributed by atoms with E-state index >= 15 is 0 Å². The number of benzene rings is 2. The smallest absolute Gasteiger partial charge is 0.326 e. The number of nitrogens with one attached hydrogen (secondary N) is 1. The lowest BCUT2D eigenvalue weighted by Crippen LogP contribution is -2.41. The quantitative estimate of drug-likeness (QED) is 0.664. The molecule has 2 N–H and O–H groups in total. The topological polar surface area (TPSA) is 84.9 Å². The van der Waals surface area contributed by atoms with Gasteiger partial charge in [-0.05, 0) is 36.3 Å². The van der Waals surface area contributed by atoms with Crippen molar-refractivity contribution < 1.29 is 24.2 Å². The Balaban J connectivity index is 2.03. The van der Waals surface area contributed by atoms with Gasteiger partial charge < -0.3 is 19.9 Å². The second kappa shape index (κ2) is 10.0. The Labute approximate surface area is 158 Å². The van der Waals surface area contributed by atoms with Crippen LogP contribution < -0.4 is 14.8 Å². The number of carbonyl (C=O) groups excluding carboxylic acids is 1. The number of hydrogen-bond acceptors (Lipinski definition) is 4. The van der Waals surface area contributed by atoms with E-state index in [1.807, 2.05) is 37.3 Å². The zero-order valence-electron chi connectivity index (χ0n) is 15.3. The van der Waals surface area contributed by atoms with Crippen LogP contribution in [0.1, 0.15) is 18.1 Å². The zero-order chi connectivity index (χ0) is 19.6. The van der Waals surface area contributed by atoms with Crippen molar-refractivity contribution in [1.29, 1.82) is 0 Å². The molecule has 0 saturated carbocycles. The standard InChI is InChI=1S/C21H23NO5/c1-3-27-18-11-9-16(14-19(18)26-2)10-12-20(23)22-17(21(24)25)13-15-7-5-4-6-8-15/h4-12,14,17H,3,13H2,1-2H3,(H,22,23)(H,24,25)/b12-10+/t17-/m0/s1. The highest BCUT2D eigenvalue weighted by Gasteiger charge is 2.19. The maximum absolute atomic E-state index is 12.1. The number of methoxy groups -OCH3 is 1. The van der Waals surface area contributed by atoms with Gasteiger partial charge in [-0.3, -0.25) is 4.79 Å². The van der Waals surface area contributed by atoms with Crippen LogP contribution in [0.15, 0.2) is 54.6 Å². The molecular formula is C21H23NO5. The Bertz CT molecular complexity index is 801. The Kier molecular flexibility index (Phi) is 7.43. The fourth-order valence-corrected chi connectivity index (χ4v) is 2.50. The molecule has 6 heteroatoms. The van der Waals surface area contributed by atoms with Gasteiger partial charge in [0, 0.05) is 12.5 Å². The summed E-state index contributed by atoms with van der Waals surface area (Å²) in [6.07, 6.45) is 3.11. The summed E-state index contributed by atoms with van der Waals surface area (Å²) in [6.45, 7) is 2.40. The minimum Gasteiger partial charge on any atom is -0.493 e. The molecular weight excluding hydrogens is 346 g/mol. The molecule has 0 unspecified atom stereocenters. The SMILES string of the molecule is CCOc1ccc(/C=C/C(=O)N[C@@H](Cc2ccccc2)C(=O)O)cc1OC. The normalized spacial score (nSPS) is 11.8. The summed E-state index contributed by atoms with van der Waals surface area (Å²) < 4.78 is 10.7. The van der Waals surface area contributed by atoms with Crippen LogP contribution in [0.25, 0.3) is 6.08 Å². The largest absolute Gasteiger partial charge is 0.493 e. The minimum atomic E-state index is -1.08. The van der Waals surface area contributed by atoms with Crippen molar-refractivity contribution >= 4 is 18.0 Å². The van der Waals surface area contributed by atoms with Gasteiger partial charge in [-0.2, -0.15) is 0 Å². The van der Waals surface area contributed by atoms with Crippen molar-refractivity contribution in [3.8, 4) is 11.5 Å². The van der Waals surface area contributed by atoms with Gasteiger partial charge in [-0.1, -0.05) is 36.4 Å². The van der Waals surface area contributed by atoms with E-state index < -0.39 is 17.9 Å². The van der Waals surface area contributed by atoms with Crippen LogP contribution in [-0.4, -0.2) is 36.7 Å². The molecule has 6 nitrogen and oxygen atoms in total. The van der Waals surface area contributed by atoms with Crippen molar-refractivity contribution in [3.63, 3.8) is 0 Å². The van der Waals surface area contributed by atoms with E-state index in [0.29, 0.717) is 18.1 Å². The molecule has 1 atom stereocenters. The molecule has 0 bridgehead atoms. The number of rotatable bonds is 9. The highest BCUT2D eigenvalue weighted by atomic mass is 16.5. The molecule has 27 heavy (non-hydrogen) atoms. The maximum Gasteiger partial charge on any atom is 0.326 e. The molecule has 0 radical (unpaired) electrons. The third kappa shape index (κ3) is 6.18. The lowest BCUT2D eigenvalue weighted by molar-refractivity contribution is -0.141. The number of hydrogen-bond donors (Lipinski definition) is 2. The van der Waals surface area contributed by atoms with Gasteiger partial charge >= 0.3 is 5.97 Å². The second-order valence-corrected chi connectivity index (χ2v) is 5.77. The van der Waals surface area contributed by atoms with Crippen LogP contribution in [0.2, 0.25) is 0 Å². The molecule has 0 saturated heterocycles. The second-order valence-electron chi connectivity index (χ2n) is 5.77. The van der Waals surface area contributed by atoms with E-state index in [1.54, 1.807) is 31.4 Å². The Hall–Kier alpha value is -3.28. The molecule has 0 aliphatic carbocycles. The lowest BCUT2D eigenvalue weighted by atomic mass is 10.1. The summed E-state index contributed by atoms with van der Waals surface area (Å²) in [5.74, 6) is -0.378. The van der Waals surface area contributed by atoms with Gasteiger partial charge in [0.2, 0.25) is 5.91 Å². The van der Waals surface area contributed by atoms with Gasteiger partial charge in [0.05, 0.1) is 13.7 Å². The van der Waals surface area contributed by atoms with Gasteiger partial charge in [-0.15, -0.1) is 0 Å². The Morgan fingerprint density at radius 2 is 1.89 bits per heavy atom. The van der Waals surface area contributed by atoms with Crippen molar-refractivity contribution in [2.24, 2.45) is 0 Å². The average molecular weight is 369 g/mol. The van der Waals surface area contributed by atoms with Crippen LogP contribution in [0, 0.1) is 0 Å². The predicted molar refractivity (Wildman–Crippen MR) is 103 cm³/mol. The lowest BCUT2D eigenvalue weighted by Gasteiger charge is -2.13. The molecule has 2 aromatic rings. The molecule has 2 aromatic carbocycles. The number of aliphatic carboxylic acids is 1. The van der Waals surface area contributed by atoms with E-state index in [4.69, 9.17) is 9.47 Å². The van der Waals surface area contributed by atoms with Crippen LogP contribution in [0.3, 0.4) is 0 Å². The number of ether oxygens (including phenoxy) is 2. The monoisotopic (exact) mass is 369 g/mol. The van der Waals surface area contributed by atoms with Gasteiger partial charge in [-0.25, -0.2) is 4.79 Å². The van der Waals surface area contributed by atoms with Crippen LogP contribution in [0.5, 0.6) is 11.5 Å². The van der Waals surface area contributed by atoms with E-state index in [-0.39, 0.29) is 6.42 Å². The fourth-order valence-electron chi connectivity index (χ4n) is 2.50.